The van der Waals surface area contributed by atoms with Crippen molar-refractivity contribution >= 4 is 43.2 Å². The summed E-state index contributed by atoms with van der Waals surface area (Å²) in [6.07, 6.45) is 2.45. The molecular weight excluding hydrogens is 384 g/mol. The fraction of sp³-hybridized carbons (Fsp3) is 0.0833. The van der Waals surface area contributed by atoms with E-state index in [1.807, 2.05) is 0 Å². The number of benzene rings is 1. The summed E-state index contributed by atoms with van der Waals surface area (Å²) in [7, 11) is -2.67. The van der Waals surface area contributed by atoms with Crippen LogP contribution in [-0.2, 0) is 10.0 Å². The van der Waals surface area contributed by atoms with Gasteiger partial charge in [-0.15, -0.1) is 0 Å². The van der Waals surface area contributed by atoms with Crippen LogP contribution in [0, 0.1) is 0 Å². The van der Waals surface area contributed by atoms with Crippen LogP contribution in [-0.4, -0.2) is 20.5 Å². The molecule has 6 nitrogen and oxygen atoms in total. The summed E-state index contributed by atoms with van der Waals surface area (Å²) in [5.41, 5.74) is -0.499. The predicted molar refractivity (Wildman–Crippen MR) is 83.6 cm³/mol. The summed E-state index contributed by atoms with van der Waals surface area (Å²) in [5, 5.41) is 0.308. The normalized spacial score (nSPS) is 11.2. The molecule has 2 N–H and O–H groups in total. The topological polar surface area (TPSA) is 88.3 Å². The van der Waals surface area contributed by atoms with Gasteiger partial charge in [-0.25, -0.2) is 8.42 Å². The molecule has 2 rings (SSSR count). The minimum Gasteiger partial charge on any atom is -0.493 e. The second-order valence-electron chi connectivity index (χ2n) is 3.95. The maximum Gasteiger partial charge on any atom is 0.267 e. The minimum atomic E-state index is -4.06. The zero-order chi connectivity index (χ0) is 15.6. The number of aromatic amines is 1. The van der Waals surface area contributed by atoms with Crippen molar-refractivity contribution < 1.29 is 13.2 Å². The van der Waals surface area contributed by atoms with Gasteiger partial charge in [0.15, 0.2) is 10.6 Å². The molecular formula is C12H10BrClN2O4S. The Morgan fingerprint density at radius 2 is 2.10 bits per heavy atom. The maximum atomic E-state index is 12.3. The van der Waals surface area contributed by atoms with Gasteiger partial charge in [0.25, 0.3) is 10.0 Å². The van der Waals surface area contributed by atoms with E-state index in [4.69, 9.17) is 16.3 Å². The average molecular weight is 394 g/mol. The predicted octanol–water partition coefficient (Wildman–Crippen LogP) is 2.60. The summed E-state index contributed by atoms with van der Waals surface area (Å²) in [6, 6.07) is 4.08. The second kappa shape index (κ2) is 6.08. The number of ether oxygens (including phenoxy) is 1. The molecule has 0 spiro atoms. The van der Waals surface area contributed by atoms with Crippen LogP contribution in [0.15, 0.2) is 44.8 Å². The lowest BCUT2D eigenvalue weighted by atomic mass is 10.3. The van der Waals surface area contributed by atoms with Crippen LogP contribution in [0.25, 0.3) is 0 Å². The summed E-state index contributed by atoms with van der Waals surface area (Å²) in [4.78, 5) is 13.8. The van der Waals surface area contributed by atoms with Crippen molar-refractivity contribution in [2.45, 2.75) is 4.90 Å². The van der Waals surface area contributed by atoms with Crippen molar-refractivity contribution in [2.24, 2.45) is 0 Å². The molecule has 1 aromatic heterocycles. The molecule has 0 saturated heterocycles. The van der Waals surface area contributed by atoms with Crippen LogP contribution >= 0.6 is 27.5 Å². The molecule has 0 bridgehead atoms. The molecule has 0 radical (unpaired) electrons. The lowest BCUT2D eigenvalue weighted by Crippen LogP contribution is -2.21. The van der Waals surface area contributed by atoms with Gasteiger partial charge in [-0.3, -0.25) is 9.52 Å². The molecule has 0 saturated carbocycles. The summed E-state index contributed by atoms with van der Waals surface area (Å²) in [6.45, 7) is 0. The minimum absolute atomic E-state index is 0.125. The number of rotatable bonds is 4. The number of anilines is 1. The summed E-state index contributed by atoms with van der Waals surface area (Å²) in [5.74, 6) is 0.260. The molecule has 0 aliphatic heterocycles. The first-order valence-electron chi connectivity index (χ1n) is 5.58. The van der Waals surface area contributed by atoms with Crippen molar-refractivity contribution in [1.29, 1.82) is 0 Å². The first kappa shape index (κ1) is 15.9. The fourth-order valence-electron chi connectivity index (χ4n) is 1.65. The maximum absolute atomic E-state index is 12.3. The van der Waals surface area contributed by atoms with Crippen molar-refractivity contribution in [3.8, 4) is 5.75 Å². The second-order valence-corrected chi connectivity index (χ2v) is 6.89. The standard InChI is InChI=1S/C12H10BrClN2O4S/c1-20-12-8(13)4-7(14)5-9(12)16-21(18,19)11-6-15-3-2-10(11)17/h2-6,16H,1H3,(H,15,17). The fourth-order valence-corrected chi connectivity index (χ4v) is 3.73. The Bertz CT molecular complexity index is 835. The number of halogens is 2. The van der Waals surface area contributed by atoms with Crippen LogP contribution in [0.5, 0.6) is 5.75 Å². The highest BCUT2D eigenvalue weighted by atomic mass is 79.9. The highest BCUT2D eigenvalue weighted by Crippen LogP contribution is 2.37. The average Bonchev–Trinajstić information content (AvgIpc) is 2.38. The van der Waals surface area contributed by atoms with Crippen molar-refractivity contribution in [1.82, 2.24) is 4.98 Å². The molecule has 0 aliphatic carbocycles. The van der Waals surface area contributed by atoms with Crippen LogP contribution < -0.4 is 14.9 Å². The molecule has 2 aromatic rings. The number of sulfonamides is 1. The molecule has 9 heteroatoms. The van der Waals surface area contributed by atoms with E-state index in [9.17, 15) is 13.2 Å². The van der Waals surface area contributed by atoms with E-state index in [0.29, 0.717) is 9.50 Å². The molecule has 0 atom stereocenters. The summed E-state index contributed by atoms with van der Waals surface area (Å²) < 4.78 is 32.4. The molecule has 0 aliphatic rings. The number of hydrogen-bond donors (Lipinski definition) is 2. The Labute approximate surface area is 134 Å². The van der Waals surface area contributed by atoms with Crippen molar-refractivity contribution in [3.63, 3.8) is 0 Å². The smallest absolute Gasteiger partial charge is 0.267 e. The monoisotopic (exact) mass is 392 g/mol. The Morgan fingerprint density at radius 3 is 2.71 bits per heavy atom. The third-order valence-electron chi connectivity index (χ3n) is 2.53. The van der Waals surface area contributed by atoms with E-state index in [1.165, 1.54) is 19.4 Å². The highest BCUT2D eigenvalue weighted by Gasteiger charge is 2.21. The van der Waals surface area contributed by atoms with Gasteiger partial charge < -0.3 is 9.72 Å². The molecule has 21 heavy (non-hydrogen) atoms. The third-order valence-corrected chi connectivity index (χ3v) is 4.73. The van der Waals surface area contributed by atoms with Gasteiger partial charge >= 0.3 is 0 Å². The van der Waals surface area contributed by atoms with Crippen LogP contribution in [0.1, 0.15) is 0 Å². The van der Waals surface area contributed by atoms with Gasteiger partial charge in [0.2, 0.25) is 5.43 Å². The highest BCUT2D eigenvalue weighted by molar-refractivity contribution is 9.10. The lowest BCUT2D eigenvalue weighted by Gasteiger charge is -2.13. The van der Waals surface area contributed by atoms with E-state index in [2.05, 4.69) is 25.6 Å². The van der Waals surface area contributed by atoms with E-state index in [0.717, 1.165) is 12.3 Å². The first-order chi connectivity index (χ1) is 9.85. The molecule has 1 aromatic carbocycles. The Morgan fingerprint density at radius 1 is 1.38 bits per heavy atom. The summed E-state index contributed by atoms with van der Waals surface area (Å²) >= 11 is 9.12. The quantitative estimate of drug-likeness (QED) is 0.836. The van der Waals surface area contributed by atoms with Crippen molar-refractivity contribution in [2.75, 3.05) is 11.8 Å². The van der Waals surface area contributed by atoms with E-state index >= 15 is 0 Å². The van der Waals surface area contributed by atoms with Gasteiger partial charge in [-0.05, 0) is 28.1 Å². The number of hydrogen-bond acceptors (Lipinski definition) is 4. The van der Waals surface area contributed by atoms with Crippen LogP contribution in [0.2, 0.25) is 5.02 Å². The number of pyridine rings is 1. The SMILES string of the molecule is COc1c(Br)cc(Cl)cc1NS(=O)(=O)c1c[nH]ccc1=O. The Hall–Kier alpha value is -1.51. The number of nitrogens with one attached hydrogen (secondary N) is 2. The van der Waals surface area contributed by atoms with Gasteiger partial charge in [0, 0.05) is 23.5 Å². The lowest BCUT2D eigenvalue weighted by molar-refractivity contribution is 0.414. The van der Waals surface area contributed by atoms with Crippen LogP contribution in [0.4, 0.5) is 5.69 Å². The number of H-pyrrole nitrogens is 1. The van der Waals surface area contributed by atoms with E-state index < -0.39 is 20.3 Å². The third kappa shape index (κ3) is 3.39. The first-order valence-corrected chi connectivity index (χ1v) is 8.23. The molecule has 0 amide bonds. The molecule has 0 unspecified atom stereocenters. The van der Waals surface area contributed by atoms with E-state index in [1.54, 1.807) is 6.07 Å². The van der Waals surface area contributed by atoms with E-state index in [-0.39, 0.29) is 11.4 Å². The Kier molecular flexibility index (Phi) is 4.60. The van der Waals surface area contributed by atoms with Gasteiger partial charge in [0.05, 0.1) is 17.3 Å². The number of aromatic nitrogens is 1. The largest absolute Gasteiger partial charge is 0.493 e. The zero-order valence-corrected chi connectivity index (χ0v) is 13.8. The van der Waals surface area contributed by atoms with Crippen LogP contribution in [0.3, 0.4) is 0 Å². The van der Waals surface area contributed by atoms with Gasteiger partial charge in [0.1, 0.15) is 0 Å². The molecule has 0 fully saturated rings. The van der Waals surface area contributed by atoms with Gasteiger partial charge in [-0.1, -0.05) is 11.6 Å². The van der Waals surface area contributed by atoms with Crippen molar-refractivity contribution in [3.05, 3.63) is 50.3 Å². The van der Waals surface area contributed by atoms with Gasteiger partial charge in [-0.2, -0.15) is 0 Å². The Balaban J connectivity index is 2.52. The molecule has 112 valence electrons. The molecule has 1 heterocycles. The zero-order valence-electron chi connectivity index (χ0n) is 10.7. The number of methoxy groups -OCH3 is 1.